The van der Waals surface area contributed by atoms with Crippen molar-refractivity contribution in [3.05, 3.63) is 62.1 Å². The molecular formula is C16H12BrF3N2O3S. The van der Waals surface area contributed by atoms with Crippen LogP contribution in [0.2, 0.25) is 0 Å². The molecule has 0 atom stereocenters. The third-order valence-electron chi connectivity index (χ3n) is 3.30. The van der Waals surface area contributed by atoms with Gasteiger partial charge >= 0.3 is 6.18 Å². The molecular weight excluding hydrogens is 437 g/mol. The van der Waals surface area contributed by atoms with E-state index in [0.29, 0.717) is 11.8 Å². The van der Waals surface area contributed by atoms with Gasteiger partial charge in [0.25, 0.3) is 5.69 Å². The molecule has 0 unspecified atom stereocenters. The molecule has 0 bridgehead atoms. The van der Waals surface area contributed by atoms with Gasteiger partial charge in [-0.3, -0.25) is 14.9 Å². The molecule has 0 aliphatic carbocycles. The largest absolute Gasteiger partial charge is 0.416 e. The van der Waals surface area contributed by atoms with Gasteiger partial charge in [-0.1, -0.05) is 15.9 Å². The Bertz CT molecular complexity index is 859. The number of nitrogens with one attached hydrogen (secondary N) is 1. The van der Waals surface area contributed by atoms with Crippen molar-refractivity contribution in [2.75, 3.05) is 11.1 Å². The van der Waals surface area contributed by atoms with Crippen LogP contribution in [0.15, 0.2) is 45.8 Å². The Morgan fingerprint density at radius 1 is 1.27 bits per heavy atom. The number of nitrogens with zero attached hydrogens (tertiary/aromatic N) is 1. The number of anilines is 1. The molecule has 2 aromatic carbocycles. The Morgan fingerprint density at radius 2 is 1.96 bits per heavy atom. The average molecular weight is 449 g/mol. The van der Waals surface area contributed by atoms with Gasteiger partial charge in [-0.2, -0.15) is 13.2 Å². The van der Waals surface area contributed by atoms with E-state index in [1.54, 1.807) is 19.1 Å². The minimum Gasteiger partial charge on any atom is -0.325 e. The monoisotopic (exact) mass is 448 g/mol. The summed E-state index contributed by atoms with van der Waals surface area (Å²) in [6.07, 6.45) is -4.68. The van der Waals surface area contributed by atoms with E-state index in [4.69, 9.17) is 0 Å². The Morgan fingerprint density at radius 3 is 2.54 bits per heavy atom. The zero-order valence-electron chi connectivity index (χ0n) is 13.3. The van der Waals surface area contributed by atoms with Crippen LogP contribution in [0, 0.1) is 17.0 Å². The lowest BCUT2D eigenvalue weighted by atomic mass is 10.2. The highest BCUT2D eigenvalue weighted by atomic mass is 79.9. The number of benzene rings is 2. The fourth-order valence-electron chi connectivity index (χ4n) is 2.06. The highest BCUT2D eigenvalue weighted by Crippen LogP contribution is 2.36. The van der Waals surface area contributed by atoms with Crippen molar-refractivity contribution in [2.45, 2.75) is 18.0 Å². The van der Waals surface area contributed by atoms with E-state index in [2.05, 4.69) is 21.2 Å². The topological polar surface area (TPSA) is 72.2 Å². The second-order valence-electron chi connectivity index (χ2n) is 5.23. The quantitative estimate of drug-likeness (QED) is 0.376. The zero-order chi connectivity index (χ0) is 19.5. The summed E-state index contributed by atoms with van der Waals surface area (Å²) in [7, 11) is 0. The maximum atomic E-state index is 12.7. The van der Waals surface area contributed by atoms with Gasteiger partial charge in [0, 0.05) is 16.2 Å². The molecule has 1 N–H and O–H groups in total. The predicted molar refractivity (Wildman–Crippen MR) is 96.3 cm³/mol. The number of halogens is 4. The molecule has 2 rings (SSSR count). The SMILES string of the molecule is Cc1cc(Br)ccc1NC(=O)CSc1ccc(C(F)(F)F)cc1[N+](=O)[O-]. The van der Waals surface area contributed by atoms with Crippen LogP contribution < -0.4 is 5.32 Å². The fourth-order valence-corrected chi connectivity index (χ4v) is 3.34. The lowest BCUT2D eigenvalue weighted by Crippen LogP contribution is -2.15. The van der Waals surface area contributed by atoms with Crippen molar-refractivity contribution in [2.24, 2.45) is 0 Å². The molecule has 0 saturated carbocycles. The highest BCUT2D eigenvalue weighted by molar-refractivity contribution is 9.10. The maximum absolute atomic E-state index is 12.7. The summed E-state index contributed by atoms with van der Waals surface area (Å²) in [5.74, 6) is -0.601. The smallest absolute Gasteiger partial charge is 0.325 e. The summed E-state index contributed by atoms with van der Waals surface area (Å²) >= 11 is 4.11. The van der Waals surface area contributed by atoms with Crippen LogP contribution in [0.5, 0.6) is 0 Å². The summed E-state index contributed by atoms with van der Waals surface area (Å²) in [6.45, 7) is 1.80. The van der Waals surface area contributed by atoms with Crippen molar-refractivity contribution in [1.29, 1.82) is 0 Å². The Balaban J connectivity index is 2.11. The molecule has 0 fully saturated rings. The molecule has 138 valence electrons. The van der Waals surface area contributed by atoms with E-state index < -0.39 is 28.3 Å². The summed E-state index contributed by atoms with van der Waals surface area (Å²) < 4.78 is 38.9. The summed E-state index contributed by atoms with van der Waals surface area (Å²) in [5.41, 5.74) is -0.389. The lowest BCUT2D eigenvalue weighted by molar-refractivity contribution is -0.388. The summed E-state index contributed by atoms with van der Waals surface area (Å²) in [5, 5.41) is 13.7. The minimum absolute atomic E-state index is 0.00863. The number of carbonyl (C=O) groups excluding carboxylic acids is 1. The van der Waals surface area contributed by atoms with Gasteiger partial charge in [-0.15, -0.1) is 11.8 Å². The van der Waals surface area contributed by atoms with Crippen molar-refractivity contribution in [3.8, 4) is 0 Å². The molecule has 0 aliphatic rings. The molecule has 5 nitrogen and oxygen atoms in total. The Kier molecular flexibility index (Phi) is 6.30. The Hall–Kier alpha value is -2.07. The van der Waals surface area contributed by atoms with Crippen LogP contribution in [0.3, 0.4) is 0 Å². The molecule has 26 heavy (non-hydrogen) atoms. The summed E-state index contributed by atoms with van der Waals surface area (Å²) in [4.78, 5) is 22.2. The van der Waals surface area contributed by atoms with E-state index >= 15 is 0 Å². The first-order chi connectivity index (χ1) is 12.1. The fraction of sp³-hybridized carbons (Fsp3) is 0.188. The molecule has 10 heteroatoms. The highest BCUT2D eigenvalue weighted by Gasteiger charge is 2.33. The molecule has 0 aromatic heterocycles. The van der Waals surface area contributed by atoms with E-state index in [-0.39, 0.29) is 10.6 Å². The van der Waals surface area contributed by atoms with Gasteiger partial charge < -0.3 is 5.32 Å². The van der Waals surface area contributed by atoms with Crippen molar-refractivity contribution < 1.29 is 22.9 Å². The van der Waals surface area contributed by atoms with E-state index in [9.17, 15) is 28.1 Å². The number of hydrogen-bond acceptors (Lipinski definition) is 4. The van der Waals surface area contributed by atoms with Gasteiger partial charge in [-0.05, 0) is 42.8 Å². The number of nitro groups is 1. The molecule has 2 aromatic rings. The molecule has 0 spiro atoms. The van der Waals surface area contributed by atoms with E-state index in [1.807, 2.05) is 6.07 Å². The first kappa shape index (κ1) is 20.2. The minimum atomic E-state index is -4.68. The molecule has 0 heterocycles. The van der Waals surface area contributed by atoms with Gasteiger partial charge in [-0.25, -0.2) is 0 Å². The number of rotatable bonds is 5. The van der Waals surface area contributed by atoms with Crippen LogP contribution in [0.1, 0.15) is 11.1 Å². The second-order valence-corrected chi connectivity index (χ2v) is 7.17. The average Bonchev–Trinajstić information content (AvgIpc) is 2.54. The molecule has 0 saturated heterocycles. The summed E-state index contributed by atoms with van der Waals surface area (Å²) in [6, 6.07) is 7.48. The second kappa shape index (κ2) is 8.09. The van der Waals surface area contributed by atoms with E-state index in [0.717, 1.165) is 33.9 Å². The third kappa shape index (κ3) is 5.21. The number of amides is 1. The molecule has 0 aliphatic heterocycles. The molecule has 0 radical (unpaired) electrons. The zero-order valence-corrected chi connectivity index (χ0v) is 15.7. The van der Waals surface area contributed by atoms with Crippen LogP contribution in [-0.4, -0.2) is 16.6 Å². The maximum Gasteiger partial charge on any atom is 0.416 e. The normalized spacial score (nSPS) is 11.3. The van der Waals surface area contributed by atoms with Crippen LogP contribution in [-0.2, 0) is 11.0 Å². The lowest BCUT2D eigenvalue weighted by Gasteiger charge is -2.10. The van der Waals surface area contributed by atoms with Crippen molar-refractivity contribution >= 4 is 45.0 Å². The van der Waals surface area contributed by atoms with Gasteiger partial charge in [0.05, 0.1) is 21.1 Å². The number of alkyl halides is 3. The van der Waals surface area contributed by atoms with Crippen molar-refractivity contribution in [3.63, 3.8) is 0 Å². The van der Waals surface area contributed by atoms with Crippen LogP contribution in [0.25, 0.3) is 0 Å². The first-order valence-electron chi connectivity index (χ1n) is 7.12. The Labute approximate surface area is 159 Å². The van der Waals surface area contributed by atoms with Crippen molar-refractivity contribution in [1.82, 2.24) is 0 Å². The number of carbonyl (C=O) groups is 1. The van der Waals surface area contributed by atoms with Crippen LogP contribution >= 0.6 is 27.7 Å². The van der Waals surface area contributed by atoms with Gasteiger partial charge in [0.1, 0.15) is 0 Å². The predicted octanol–water partition coefficient (Wildman–Crippen LogP) is 5.42. The number of thioether (sulfide) groups is 1. The first-order valence-corrected chi connectivity index (χ1v) is 8.90. The third-order valence-corrected chi connectivity index (χ3v) is 4.86. The van der Waals surface area contributed by atoms with Crippen LogP contribution in [0.4, 0.5) is 24.5 Å². The number of hydrogen-bond donors (Lipinski definition) is 1. The van der Waals surface area contributed by atoms with E-state index in [1.165, 1.54) is 0 Å². The molecule has 1 amide bonds. The van der Waals surface area contributed by atoms with Gasteiger partial charge in [0.2, 0.25) is 5.91 Å². The van der Waals surface area contributed by atoms with Gasteiger partial charge in [0.15, 0.2) is 0 Å². The number of aryl methyl sites for hydroxylation is 1. The number of nitro benzene ring substituents is 1. The standard InChI is InChI=1S/C16H12BrF3N2O3S/c1-9-6-11(17)3-4-12(9)21-15(23)8-26-14-5-2-10(16(18,19)20)7-13(14)22(24)25/h2-7H,8H2,1H3,(H,21,23).